The van der Waals surface area contributed by atoms with Crippen LogP contribution in [0.3, 0.4) is 0 Å². The van der Waals surface area contributed by atoms with E-state index in [-0.39, 0.29) is 11.5 Å². The van der Waals surface area contributed by atoms with Crippen LogP contribution < -0.4 is 10.2 Å². The van der Waals surface area contributed by atoms with Crippen molar-refractivity contribution in [2.45, 2.75) is 18.6 Å². The molecule has 1 atom stereocenters. The van der Waals surface area contributed by atoms with Gasteiger partial charge in [-0.1, -0.05) is 73.5 Å². The molecule has 0 aliphatic carbocycles. The van der Waals surface area contributed by atoms with E-state index >= 15 is 0 Å². The minimum atomic E-state index is -0.548. The summed E-state index contributed by atoms with van der Waals surface area (Å²) in [6.07, 6.45) is 0.478. The fraction of sp³-hybridized carbons (Fsp3) is 0.115. The Morgan fingerprint density at radius 1 is 1.00 bits per heavy atom. The number of carbonyl (C=O) groups excluding carboxylic acids is 2. The number of rotatable bonds is 5. The maximum Gasteiger partial charge on any atom is 0.269 e. The van der Waals surface area contributed by atoms with Crippen LogP contribution in [-0.4, -0.2) is 17.1 Å². The van der Waals surface area contributed by atoms with Gasteiger partial charge in [0.2, 0.25) is 5.91 Å². The average Bonchev–Trinajstić information content (AvgIpc) is 3.13. The molecule has 1 fully saturated rings. The number of thioether (sulfide) groups is 1. The molecule has 0 bridgehead atoms. The number of amides is 2. The first kappa shape index (κ1) is 24.3. The second-order valence-electron chi connectivity index (χ2n) is 7.70. The maximum absolute atomic E-state index is 13.5. The van der Waals surface area contributed by atoms with Gasteiger partial charge in [0.25, 0.3) is 5.91 Å². The number of anilines is 2. The van der Waals surface area contributed by atoms with Crippen LogP contribution in [0.4, 0.5) is 11.4 Å². The molecule has 4 rings (SSSR count). The van der Waals surface area contributed by atoms with Gasteiger partial charge in [-0.2, -0.15) is 5.26 Å². The van der Waals surface area contributed by atoms with Crippen LogP contribution >= 0.6 is 43.6 Å². The molecule has 1 aliphatic rings. The van der Waals surface area contributed by atoms with Crippen molar-refractivity contribution in [1.82, 2.24) is 0 Å². The van der Waals surface area contributed by atoms with Crippen molar-refractivity contribution in [3.8, 4) is 6.07 Å². The van der Waals surface area contributed by atoms with Crippen LogP contribution in [-0.2, 0) is 16.0 Å². The van der Waals surface area contributed by atoms with Gasteiger partial charge >= 0.3 is 0 Å². The zero-order chi connectivity index (χ0) is 24.2. The van der Waals surface area contributed by atoms with Crippen molar-refractivity contribution in [3.05, 3.63) is 103 Å². The van der Waals surface area contributed by atoms with Crippen molar-refractivity contribution >= 4 is 66.8 Å². The van der Waals surface area contributed by atoms with Gasteiger partial charge in [-0.25, -0.2) is 0 Å². The molecule has 8 heteroatoms. The third kappa shape index (κ3) is 5.44. The van der Waals surface area contributed by atoms with Crippen LogP contribution in [0, 0.1) is 18.3 Å². The number of hydrogen-bond acceptors (Lipinski definition) is 4. The van der Waals surface area contributed by atoms with Crippen LogP contribution in [0.15, 0.2) is 92.3 Å². The highest BCUT2D eigenvalue weighted by Crippen LogP contribution is 2.42. The molecule has 1 heterocycles. The van der Waals surface area contributed by atoms with Crippen molar-refractivity contribution in [2.24, 2.45) is 0 Å². The molecule has 5 nitrogen and oxygen atoms in total. The van der Waals surface area contributed by atoms with E-state index in [2.05, 4.69) is 37.2 Å². The molecule has 0 radical (unpaired) electrons. The van der Waals surface area contributed by atoms with Crippen LogP contribution in [0.25, 0.3) is 0 Å². The summed E-state index contributed by atoms with van der Waals surface area (Å²) < 4.78 is 1.82. The summed E-state index contributed by atoms with van der Waals surface area (Å²) in [5.74, 6) is -0.714. The van der Waals surface area contributed by atoms with Crippen LogP contribution in [0.1, 0.15) is 11.1 Å². The second kappa shape index (κ2) is 10.6. The lowest BCUT2D eigenvalue weighted by Gasteiger charge is -2.19. The van der Waals surface area contributed by atoms with E-state index in [4.69, 9.17) is 0 Å². The molecule has 0 saturated carbocycles. The number of aryl methyl sites for hydroxylation is 1. The number of hydrogen-bond donors (Lipinski definition) is 1. The summed E-state index contributed by atoms with van der Waals surface area (Å²) in [5, 5.41) is 12.6. The number of benzene rings is 3. The quantitative estimate of drug-likeness (QED) is 0.266. The van der Waals surface area contributed by atoms with E-state index in [1.54, 1.807) is 24.3 Å². The molecular weight excluding hydrogens is 578 g/mol. The predicted molar refractivity (Wildman–Crippen MR) is 143 cm³/mol. The Bertz CT molecular complexity index is 1300. The van der Waals surface area contributed by atoms with E-state index < -0.39 is 11.2 Å². The Hall–Kier alpha value is -2.86. The first-order chi connectivity index (χ1) is 16.4. The van der Waals surface area contributed by atoms with Gasteiger partial charge in [0.1, 0.15) is 16.7 Å². The zero-order valence-corrected chi connectivity index (χ0v) is 22.1. The molecule has 2 amide bonds. The molecule has 0 aromatic heterocycles. The fourth-order valence-electron chi connectivity index (χ4n) is 3.48. The third-order valence-electron chi connectivity index (χ3n) is 5.23. The summed E-state index contributed by atoms with van der Waals surface area (Å²) in [4.78, 5) is 28.1. The van der Waals surface area contributed by atoms with Crippen molar-refractivity contribution in [2.75, 3.05) is 10.2 Å². The number of carbonyl (C=O) groups is 2. The average molecular weight is 597 g/mol. The normalized spacial score (nSPS) is 16.8. The predicted octanol–water partition coefficient (Wildman–Crippen LogP) is 6.59. The van der Waals surface area contributed by atoms with Gasteiger partial charge in [0.15, 0.2) is 0 Å². The van der Waals surface area contributed by atoms with Gasteiger partial charge < -0.3 is 5.32 Å². The molecular formula is C26H19Br2N3O2S. The van der Waals surface area contributed by atoms with Gasteiger partial charge in [0, 0.05) is 20.3 Å². The van der Waals surface area contributed by atoms with E-state index in [1.807, 2.05) is 61.5 Å². The number of nitrogens with one attached hydrogen (secondary N) is 1. The molecule has 1 unspecified atom stereocenters. The highest BCUT2D eigenvalue weighted by atomic mass is 79.9. The first-order valence-electron chi connectivity index (χ1n) is 10.4. The summed E-state index contributed by atoms with van der Waals surface area (Å²) in [6.45, 7) is 1.96. The third-order valence-corrected chi connectivity index (χ3v) is 7.55. The fourth-order valence-corrected chi connectivity index (χ4v) is 5.31. The van der Waals surface area contributed by atoms with E-state index in [0.29, 0.717) is 22.8 Å². The smallest absolute Gasteiger partial charge is 0.269 e. The van der Waals surface area contributed by atoms with Crippen LogP contribution in [0.2, 0.25) is 0 Å². The largest absolute Gasteiger partial charge is 0.321 e. The first-order valence-corrected chi connectivity index (χ1v) is 12.9. The Kier molecular flexibility index (Phi) is 7.57. The number of halogens is 2. The summed E-state index contributed by atoms with van der Waals surface area (Å²) >= 11 is 8.09. The lowest BCUT2D eigenvalue weighted by Crippen LogP contribution is -2.30. The molecule has 1 N–H and O–H groups in total. The van der Waals surface area contributed by atoms with Crippen molar-refractivity contribution in [3.63, 3.8) is 0 Å². The van der Waals surface area contributed by atoms with Gasteiger partial charge in [-0.15, -0.1) is 0 Å². The monoisotopic (exact) mass is 595 g/mol. The van der Waals surface area contributed by atoms with Gasteiger partial charge in [-0.05, 0) is 67.4 Å². The Balaban J connectivity index is 1.71. The Labute approximate surface area is 219 Å². The minimum absolute atomic E-state index is 0.0971. The minimum Gasteiger partial charge on any atom is -0.321 e. The molecule has 0 spiro atoms. The second-order valence-corrected chi connectivity index (χ2v) is 10.7. The lowest BCUT2D eigenvalue weighted by molar-refractivity contribution is -0.117. The number of nitrogens with zero attached hydrogens (tertiary/aromatic N) is 2. The van der Waals surface area contributed by atoms with Gasteiger partial charge in [0.05, 0.1) is 5.25 Å². The van der Waals surface area contributed by atoms with E-state index in [0.717, 1.165) is 20.1 Å². The molecule has 3 aromatic rings. The summed E-state index contributed by atoms with van der Waals surface area (Å²) in [7, 11) is 0. The van der Waals surface area contributed by atoms with Crippen LogP contribution in [0.5, 0.6) is 0 Å². The standard InChI is InChI=1S/C26H19Br2N3O2S/c1-16-2-10-20(11-3-16)30-24(32)22(15-29)26-31(21-12-8-19(28)9-13-21)25(33)23(34-26)14-17-4-6-18(27)7-5-17/h2-13,23H,14H2,1H3,(H,30,32)/b26-22-. The van der Waals surface area contributed by atoms with Crippen molar-refractivity contribution < 1.29 is 9.59 Å². The van der Waals surface area contributed by atoms with Gasteiger partial charge in [-0.3, -0.25) is 14.5 Å². The van der Waals surface area contributed by atoms with Crippen molar-refractivity contribution in [1.29, 1.82) is 5.26 Å². The topological polar surface area (TPSA) is 73.2 Å². The summed E-state index contributed by atoms with van der Waals surface area (Å²) in [6, 6.07) is 24.4. The number of nitriles is 1. The maximum atomic E-state index is 13.5. The molecule has 170 valence electrons. The molecule has 1 saturated heterocycles. The molecule has 34 heavy (non-hydrogen) atoms. The lowest BCUT2D eigenvalue weighted by atomic mass is 10.1. The molecule has 3 aromatic carbocycles. The zero-order valence-electron chi connectivity index (χ0n) is 18.1. The van der Waals surface area contributed by atoms with E-state index in [1.165, 1.54) is 16.7 Å². The molecule has 1 aliphatic heterocycles. The van der Waals surface area contributed by atoms with E-state index in [9.17, 15) is 14.9 Å². The summed E-state index contributed by atoms with van der Waals surface area (Å²) in [5.41, 5.74) is 3.14. The Morgan fingerprint density at radius 3 is 2.18 bits per heavy atom. The highest BCUT2D eigenvalue weighted by molar-refractivity contribution is 9.10. The SMILES string of the molecule is Cc1ccc(NC(=O)/C(C#N)=C2\SC(Cc3ccc(Br)cc3)C(=O)N2c2ccc(Br)cc2)cc1. The Morgan fingerprint density at radius 2 is 1.59 bits per heavy atom. The highest BCUT2D eigenvalue weighted by Gasteiger charge is 2.40.